The van der Waals surface area contributed by atoms with Crippen LogP contribution in [0.1, 0.15) is 140 Å². The van der Waals surface area contributed by atoms with Gasteiger partial charge in [-0.2, -0.15) is 0 Å². The fourth-order valence-electron chi connectivity index (χ4n) is 9.77. The van der Waals surface area contributed by atoms with Gasteiger partial charge in [-0.3, -0.25) is 0 Å². The van der Waals surface area contributed by atoms with E-state index >= 15 is 0 Å². The summed E-state index contributed by atoms with van der Waals surface area (Å²) in [6.45, 7) is 29.9. The summed E-state index contributed by atoms with van der Waals surface area (Å²) in [4.78, 5) is 7.34. The van der Waals surface area contributed by atoms with Crippen LogP contribution in [0, 0.1) is 19.8 Å². The van der Waals surface area contributed by atoms with Gasteiger partial charge in [-0.15, -0.1) is 13.2 Å². The van der Waals surface area contributed by atoms with Gasteiger partial charge in [-0.25, -0.2) is 0 Å². The first-order chi connectivity index (χ1) is 28.1. The maximum absolute atomic E-state index is 6.07. The van der Waals surface area contributed by atoms with E-state index < -0.39 is 0 Å². The van der Waals surface area contributed by atoms with E-state index in [2.05, 4.69) is 111 Å². The van der Waals surface area contributed by atoms with E-state index in [9.17, 15) is 0 Å². The molecule has 0 radical (unpaired) electrons. The Labute approximate surface area is 354 Å². The third-order valence-corrected chi connectivity index (χ3v) is 13.4. The van der Waals surface area contributed by atoms with E-state index in [1.807, 2.05) is 30.5 Å². The average Bonchev–Trinajstić information content (AvgIpc) is 3.75. The van der Waals surface area contributed by atoms with Crippen LogP contribution in [-0.4, -0.2) is 42.5 Å². The van der Waals surface area contributed by atoms with Crippen LogP contribution < -0.4 is 10.6 Å². The number of piperidine rings is 1. The molecule has 3 aromatic rings. The Balaban J connectivity index is 1.06. The van der Waals surface area contributed by atoms with Crippen molar-refractivity contribution >= 4 is 23.1 Å². The monoisotopic (exact) mass is 781 g/mol. The Morgan fingerprint density at radius 2 is 1.59 bits per heavy atom. The van der Waals surface area contributed by atoms with Crippen LogP contribution in [0.5, 0.6) is 0 Å². The number of nitrogens with two attached hydrogens (primary N) is 1. The zero-order valence-electron chi connectivity index (χ0n) is 36.8. The number of nitrogen functional groups attached to an aromatic ring is 1. The van der Waals surface area contributed by atoms with Crippen molar-refractivity contribution in [3.05, 3.63) is 144 Å². The van der Waals surface area contributed by atoms with E-state index in [1.165, 1.54) is 132 Å². The highest BCUT2D eigenvalue weighted by atomic mass is 15.1. The molecule has 0 spiro atoms. The van der Waals surface area contributed by atoms with Crippen molar-refractivity contribution in [1.29, 1.82) is 0 Å². The number of aryl methyl sites for hydroxylation is 3. The van der Waals surface area contributed by atoms with Gasteiger partial charge in [0.1, 0.15) is 0 Å². The van der Waals surface area contributed by atoms with Gasteiger partial charge in [0.25, 0.3) is 0 Å². The van der Waals surface area contributed by atoms with E-state index in [1.54, 1.807) is 16.7 Å². The third-order valence-electron chi connectivity index (χ3n) is 13.4. The standard InChI is InChI=1S/C54H76N4/c1-9-13-25-50(11-3)58(12-4)40-54-42(6)35-41(5)36-53(54)47-30-33-57(34-31-47)32-21-17-15-14-16-18-24-46-26-28-51(39-48(46)37-44-22-19-20-23-44)56(8)43(7)52-29-27-49(55)38-45(52)10-2/h9-12,26-29,35-36,38-39,44,47,50H,1-4,7,13-25,30-34,37,40,55H2,5-6,8H3. The van der Waals surface area contributed by atoms with Gasteiger partial charge in [0.15, 0.2) is 0 Å². The molecule has 1 aliphatic carbocycles. The lowest BCUT2D eigenvalue weighted by atomic mass is 9.83. The molecule has 58 heavy (non-hydrogen) atoms. The number of hydrogen-bond donors (Lipinski definition) is 1. The second-order valence-corrected chi connectivity index (χ2v) is 17.5. The summed E-state index contributed by atoms with van der Waals surface area (Å²) in [6, 6.07) is 18.3. The summed E-state index contributed by atoms with van der Waals surface area (Å²) in [7, 11) is 2.13. The highest BCUT2D eigenvalue weighted by molar-refractivity contribution is 5.83. The molecular weight excluding hydrogens is 705 g/mol. The molecule has 2 fully saturated rings. The minimum atomic E-state index is 0.274. The Kier molecular flexibility index (Phi) is 17.6. The van der Waals surface area contributed by atoms with Crippen molar-refractivity contribution in [3.8, 4) is 0 Å². The Morgan fingerprint density at radius 3 is 2.28 bits per heavy atom. The van der Waals surface area contributed by atoms with Gasteiger partial charge in [0, 0.05) is 42.3 Å². The highest BCUT2D eigenvalue weighted by Gasteiger charge is 2.25. The van der Waals surface area contributed by atoms with Gasteiger partial charge < -0.3 is 20.4 Å². The zero-order chi connectivity index (χ0) is 41.4. The highest BCUT2D eigenvalue weighted by Crippen LogP contribution is 2.36. The van der Waals surface area contributed by atoms with Crippen LogP contribution in [0.2, 0.25) is 0 Å². The Bertz CT molecular complexity index is 1820. The molecule has 4 heteroatoms. The first-order valence-corrected chi connectivity index (χ1v) is 22.7. The second-order valence-electron chi connectivity index (χ2n) is 17.5. The first kappa shape index (κ1) is 44.8. The number of unbranched alkanes of at least 4 members (excludes halogenated alkanes) is 5. The molecule has 1 saturated carbocycles. The van der Waals surface area contributed by atoms with Gasteiger partial charge in [-0.05, 0) is 161 Å². The lowest BCUT2D eigenvalue weighted by Crippen LogP contribution is -2.34. The third kappa shape index (κ3) is 12.4. The molecule has 1 atom stereocenters. The molecule has 1 saturated heterocycles. The molecule has 4 nitrogen and oxygen atoms in total. The molecule has 2 aliphatic rings. The Morgan fingerprint density at radius 1 is 0.862 bits per heavy atom. The summed E-state index contributed by atoms with van der Waals surface area (Å²) in [5.41, 5.74) is 20.0. The van der Waals surface area contributed by atoms with Crippen molar-refractivity contribution in [1.82, 2.24) is 9.80 Å². The van der Waals surface area contributed by atoms with Gasteiger partial charge in [0.2, 0.25) is 0 Å². The predicted octanol–water partition coefficient (Wildman–Crippen LogP) is 13.6. The SMILES string of the molecule is C=CCCC(C=C)N(C=C)Cc1c(C)cc(C)cc1C1CCN(CCCCCCCCc2ccc(N(C)C(=C)c3ccc(N)cc3C=C)cc2CC2CCCC2)CC1. The lowest BCUT2D eigenvalue weighted by molar-refractivity contribution is 0.207. The average molecular weight is 781 g/mol. The van der Waals surface area contributed by atoms with Crippen molar-refractivity contribution in [2.24, 2.45) is 5.92 Å². The van der Waals surface area contributed by atoms with Crippen LogP contribution in [0.25, 0.3) is 11.8 Å². The molecule has 1 heterocycles. The van der Waals surface area contributed by atoms with Crippen molar-refractivity contribution in [3.63, 3.8) is 0 Å². The van der Waals surface area contributed by atoms with Crippen LogP contribution >= 0.6 is 0 Å². The molecule has 3 aromatic carbocycles. The smallest absolute Gasteiger partial charge is 0.0471 e. The molecule has 0 bridgehead atoms. The zero-order valence-corrected chi connectivity index (χ0v) is 36.8. The molecule has 312 valence electrons. The van der Waals surface area contributed by atoms with Gasteiger partial charge >= 0.3 is 0 Å². The predicted molar refractivity (Wildman–Crippen MR) is 255 cm³/mol. The number of benzene rings is 3. The van der Waals surface area contributed by atoms with Crippen LogP contribution in [-0.2, 0) is 19.4 Å². The number of allylic oxidation sites excluding steroid dienone is 1. The minimum Gasteiger partial charge on any atom is -0.399 e. The summed E-state index contributed by atoms with van der Waals surface area (Å²) >= 11 is 0. The fourth-order valence-corrected chi connectivity index (χ4v) is 9.77. The maximum atomic E-state index is 6.07. The topological polar surface area (TPSA) is 35.7 Å². The molecular formula is C54H76N4. The summed E-state index contributed by atoms with van der Waals surface area (Å²) in [5.74, 6) is 1.44. The molecule has 1 unspecified atom stereocenters. The summed E-state index contributed by atoms with van der Waals surface area (Å²) < 4.78 is 0. The van der Waals surface area contributed by atoms with E-state index in [4.69, 9.17) is 5.73 Å². The van der Waals surface area contributed by atoms with Crippen LogP contribution in [0.3, 0.4) is 0 Å². The second kappa shape index (κ2) is 22.8. The molecule has 5 rings (SSSR count). The number of hydrogen-bond acceptors (Lipinski definition) is 4. The van der Waals surface area contributed by atoms with Crippen molar-refractivity contribution in [2.75, 3.05) is 37.3 Å². The quantitative estimate of drug-likeness (QED) is 0.0558. The van der Waals surface area contributed by atoms with E-state index in [-0.39, 0.29) is 6.04 Å². The number of nitrogens with zero attached hydrogens (tertiary/aromatic N) is 3. The number of rotatable bonds is 24. The largest absolute Gasteiger partial charge is 0.399 e. The molecule has 0 amide bonds. The maximum Gasteiger partial charge on any atom is 0.0471 e. The van der Waals surface area contributed by atoms with Crippen molar-refractivity contribution < 1.29 is 0 Å². The first-order valence-electron chi connectivity index (χ1n) is 22.7. The summed E-state index contributed by atoms with van der Waals surface area (Å²) in [6.07, 6.45) is 28.3. The lowest BCUT2D eigenvalue weighted by Gasteiger charge is -2.35. The van der Waals surface area contributed by atoms with E-state index in [0.29, 0.717) is 5.92 Å². The summed E-state index contributed by atoms with van der Waals surface area (Å²) in [5, 5.41) is 0. The Hall–Kier alpha value is -4.28. The van der Waals surface area contributed by atoms with Crippen LogP contribution in [0.15, 0.2) is 99.8 Å². The number of likely N-dealkylation sites (tertiary alicyclic amines) is 1. The molecule has 0 aromatic heterocycles. The fraction of sp³-hybridized carbons (Fsp3) is 0.481. The normalized spacial score (nSPS) is 15.6. The van der Waals surface area contributed by atoms with Gasteiger partial charge in [0.05, 0.1) is 0 Å². The van der Waals surface area contributed by atoms with Crippen LogP contribution in [0.4, 0.5) is 11.4 Å². The molecule has 2 N–H and O–H groups in total. The molecule has 1 aliphatic heterocycles. The minimum absolute atomic E-state index is 0.274. The number of anilines is 2. The van der Waals surface area contributed by atoms with Crippen molar-refractivity contribution in [2.45, 2.75) is 135 Å². The van der Waals surface area contributed by atoms with E-state index in [0.717, 1.165) is 47.8 Å². The van der Waals surface area contributed by atoms with Gasteiger partial charge in [-0.1, -0.05) is 119 Å².